The van der Waals surface area contributed by atoms with Gasteiger partial charge in [0.2, 0.25) is 0 Å². The molecule has 0 saturated heterocycles. The second-order valence-electron chi connectivity index (χ2n) is 6.23. The summed E-state index contributed by atoms with van der Waals surface area (Å²) in [5.41, 5.74) is 0.262. The average molecular weight is 393 g/mol. The maximum Gasteiger partial charge on any atom is 0.416 e. The molecule has 2 aromatic carbocycles. The number of rotatable bonds is 4. The van der Waals surface area contributed by atoms with E-state index in [0.29, 0.717) is 16.8 Å². The van der Waals surface area contributed by atoms with Gasteiger partial charge in [-0.25, -0.2) is 9.18 Å². The fourth-order valence-corrected chi connectivity index (χ4v) is 3.17. The van der Waals surface area contributed by atoms with Crippen molar-refractivity contribution in [3.05, 3.63) is 70.7 Å². The molecule has 3 rings (SSSR count). The fourth-order valence-electron chi connectivity index (χ4n) is 3.17. The second kappa shape index (κ2) is 7.10. The molecule has 0 aliphatic carbocycles. The lowest BCUT2D eigenvalue weighted by molar-refractivity contribution is -0.137. The molecule has 1 aromatic heterocycles. The lowest BCUT2D eigenvalue weighted by atomic mass is 10.1. The van der Waals surface area contributed by atoms with Gasteiger partial charge in [0, 0.05) is 23.1 Å². The van der Waals surface area contributed by atoms with Crippen molar-refractivity contribution >= 4 is 22.7 Å². The standard InChI is InChI=1S/C20H15F4NO3/c1-11-17(18(26)19(27)28-2)15-9-14(21)6-7-16(15)25(11)10-12-4-3-5-13(8-12)20(22,23)24/h3-9H,10H2,1-2H3. The molecule has 0 saturated carbocycles. The first-order chi connectivity index (χ1) is 13.1. The second-order valence-corrected chi connectivity index (χ2v) is 6.23. The molecule has 0 amide bonds. The van der Waals surface area contributed by atoms with Crippen molar-refractivity contribution in [3.63, 3.8) is 0 Å². The Balaban J connectivity index is 2.16. The van der Waals surface area contributed by atoms with Crippen LogP contribution in [0.1, 0.15) is 27.2 Å². The van der Waals surface area contributed by atoms with E-state index in [1.54, 1.807) is 11.5 Å². The number of hydrogen-bond acceptors (Lipinski definition) is 3. The molecule has 1 heterocycles. The van der Waals surface area contributed by atoms with E-state index in [4.69, 9.17) is 0 Å². The molecular formula is C20H15F4NO3. The molecule has 0 radical (unpaired) electrons. The molecular weight excluding hydrogens is 378 g/mol. The predicted molar refractivity (Wildman–Crippen MR) is 93.5 cm³/mol. The average Bonchev–Trinajstić information content (AvgIpc) is 2.91. The predicted octanol–water partition coefficient (Wildman–Crippen LogP) is 4.51. The van der Waals surface area contributed by atoms with Crippen LogP contribution in [0.3, 0.4) is 0 Å². The zero-order chi connectivity index (χ0) is 20.6. The smallest absolute Gasteiger partial charge is 0.416 e. The quantitative estimate of drug-likeness (QED) is 0.284. The minimum absolute atomic E-state index is 0.00629. The van der Waals surface area contributed by atoms with Gasteiger partial charge in [-0.2, -0.15) is 13.2 Å². The highest BCUT2D eigenvalue weighted by molar-refractivity contribution is 6.43. The maximum atomic E-state index is 13.8. The SMILES string of the molecule is COC(=O)C(=O)c1c(C)n(Cc2cccc(C(F)(F)F)c2)c2ccc(F)cc12. The molecule has 8 heteroatoms. The Morgan fingerprint density at radius 1 is 1.11 bits per heavy atom. The molecule has 4 nitrogen and oxygen atoms in total. The molecule has 3 aromatic rings. The molecule has 0 spiro atoms. The van der Waals surface area contributed by atoms with Crippen molar-refractivity contribution in [3.8, 4) is 0 Å². The number of esters is 1. The van der Waals surface area contributed by atoms with Crippen LogP contribution in [0.25, 0.3) is 10.9 Å². The van der Waals surface area contributed by atoms with Crippen molar-refractivity contribution in [2.75, 3.05) is 7.11 Å². The number of Topliss-reactive ketones (excluding diaryl/α,β-unsaturated/α-hetero) is 1. The lowest BCUT2D eigenvalue weighted by Crippen LogP contribution is -2.17. The van der Waals surface area contributed by atoms with Crippen LogP contribution in [0.15, 0.2) is 42.5 Å². The molecule has 0 bridgehead atoms. The summed E-state index contributed by atoms with van der Waals surface area (Å²) in [4.78, 5) is 24.1. The van der Waals surface area contributed by atoms with Gasteiger partial charge in [-0.15, -0.1) is 0 Å². The summed E-state index contributed by atoms with van der Waals surface area (Å²) in [6, 6.07) is 8.49. The third kappa shape index (κ3) is 3.49. The van der Waals surface area contributed by atoms with Gasteiger partial charge in [0.1, 0.15) is 5.82 Å². The first-order valence-corrected chi connectivity index (χ1v) is 8.20. The van der Waals surface area contributed by atoms with Crippen LogP contribution in [0, 0.1) is 12.7 Å². The molecule has 0 N–H and O–H groups in total. The van der Waals surface area contributed by atoms with Gasteiger partial charge in [0.15, 0.2) is 0 Å². The van der Waals surface area contributed by atoms with Gasteiger partial charge < -0.3 is 9.30 Å². The zero-order valence-corrected chi connectivity index (χ0v) is 14.9. The van der Waals surface area contributed by atoms with Gasteiger partial charge >= 0.3 is 12.1 Å². The summed E-state index contributed by atoms with van der Waals surface area (Å²) >= 11 is 0. The number of alkyl halides is 3. The summed E-state index contributed by atoms with van der Waals surface area (Å²) in [7, 11) is 1.05. The molecule has 0 aliphatic rings. The van der Waals surface area contributed by atoms with Crippen LogP contribution < -0.4 is 0 Å². The Bertz CT molecular complexity index is 1080. The molecule has 0 fully saturated rings. The first-order valence-electron chi connectivity index (χ1n) is 8.20. The molecule has 28 heavy (non-hydrogen) atoms. The van der Waals surface area contributed by atoms with Crippen molar-refractivity contribution < 1.29 is 31.9 Å². The van der Waals surface area contributed by atoms with Crippen molar-refractivity contribution in [2.45, 2.75) is 19.6 Å². The van der Waals surface area contributed by atoms with E-state index in [1.165, 1.54) is 24.3 Å². The Labute approximate surface area is 157 Å². The summed E-state index contributed by atoms with van der Waals surface area (Å²) in [6.07, 6.45) is -4.49. The molecule has 146 valence electrons. The normalized spacial score (nSPS) is 11.6. The number of halogens is 4. The van der Waals surface area contributed by atoms with Gasteiger partial charge in [0.05, 0.1) is 18.2 Å². The zero-order valence-electron chi connectivity index (χ0n) is 14.9. The first kappa shape index (κ1) is 19.6. The number of ketones is 1. The van der Waals surface area contributed by atoms with Gasteiger partial charge in [-0.05, 0) is 42.8 Å². The Kier molecular flexibility index (Phi) is 4.97. The van der Waals surface area contributed by atoms with Crippen molar-refractivity contribution in [2.24, 2.45) is 0 Å². The van der Waals surface area contributed by atoms with Gasteiger partial charge in [-0.1, -0.05) is 12.1 Å². The fraction of sp³-hybridized carbons (Fsp3) is 0.200. The highest BCUT2D eigenvalue weighted by atomic mass is 19.4. The number of methoxy groups -OCH3 is 1. The lowest BCUT2D eigenvalue weighted by Gasteiger charge is -2.12. The van der Waals surface area contributed by atoms with E-state index >= 15 is 0 Å². The Hall–Kier alpha value is -3.16. The summed E-state index contributed by atoms with van der Waals surface area (Å²) in [6.45, 7) is 1.55. The van der Waals surface area contributed by atoms with E-state index in [-0.39, 0.29) is 17.5 Å². The van der Waals surface area contributed by atoms with Crippen molar-refractivity contribution in [1.29, 1.82) is 0 Å². The van der Waals surface area contributed by atoms with Crippen LogP contribution in [0.5, 0.6) is 0 Å². The van der Waals surface area contributed by atoms with Crippen molar-refractivity contribution in [1.82, 2.24) is 4.57 Å². The van der Waals surface area contributed by atoms with Crippen LogP contribution in [0.2, 0.25) is 0 Å². The Morgan fingerprint density at radius 3 is 2.46 bits per heavy atom. The van der Waals surface area contributed by atoms with Crippen LogP contribution in [-0.2, 0) is 22.3 Å². The molecule has 0 unspecified atom stereocenters. The number of aromatic nitrogens is 1. The number of carbonyl (C=O) groups excluding carboxylic acids is 2. The summed E-state index contributed by atoms with van der Waals surface area (Å²) < 4.78 is 58.7. The van der Waals surface area contributed by atoms with Gasteiger partial charge in [0.25, 0.3) is 5.78 Å². The van der Waals surface area contributed by atoms with E-state index in [2.05, 4.69) is 4.74 Å². The molecule has 0 atom stereocenters. The maximum absolute atomic E-state index is 13.8. The minimum atomic E-state index is -4.49. The highest BCUT2D eigenvalue weighted by Gasteiger charge is 2.31. The molecule has 0 aliphatic heterocycles. The highest BCUT2D eigenvalue weighted by Crippen LogP contribution is 2.31. The third-order valence-electron chi connectivity index (χ3n) is 4.48. The largest absolute Gasteiger partial charge is 0.463 e. The van der Waals surface area contributed by atoms with E-state index < -0.39 is 29.3 Å². The summed E-state index contributed by atoms with van der Waals surface area (Å²) in [5, 5.41) is 0.194. The number of carbonyl (C=O) groups is 2. The topological polar surface area (TPSA) is 48.3 Å². The van der Waals surface area contributed by atoms with Gasteiger partial charge in [-0.3, -0.25) is 4.79 Å². The monoisotopic (exact) mass is 393 g/mol. The number of hydrogen-bond donors (Lipinski definition) is 0. The van der Waals surface area contributed by atoms with E-state index in [1.807, 2.05) is 0 Å². The summed E-state index contributed by atoms with van der Waals surface area (Å²) in [5.74, 6) is -2.66. The van der Waals surface area contributed by atoms with Crippen LogP contribution in [-0.4, -0.2) is 23.4 Å². The number of benzene rings is 2. The number of fused-ring (bicyclic) bond motifs is 1. The van der Waals surface area contributed by atoms with Crippen LogP contribution in [0.4, 0.5) is 17.6 Å². The minimum Gasteiger partial charge on any atom is -0.463 e. The van der Waals surface area contributed by atoms with Crippen LogP contribution >= 0.6 is 0 Å². The number of ether oxygens (including phenoxy) is 1. The van der Waals surface area contributed by atoms with E-state index in [0.717, 1.165) is 25.3 Å². The Morgan fingerprint density at radius 2 is 1.82 bits per heavy atom. The van der Waals surface area contributed by atoms with E-state index in [9.17, 15) is 27.2 Å². The number of nitrogens with zero attached hydrogens (tertiary/aromatic N) is 1. The third-order valence-corrected chi connectivity index (χ3v) is 4.48.